The number of rotatable bonds is 4. The van der Waals surface area contributed by atoms with Gasteiger partial charge in [-0.3, -0.25) is 9.59 Å². The molecule has 0 atom stereocenters. The fraction of sp³-hybridized carbons (Fsp3) is 0.545. The zero-order valence-electron chi connectivity index (χ0n) is 9.89. The third kappa shape index (κ3) is 3.18. The number of carbonyl (C=O) groups excluding carboxylic acids is 1. The first-order chi connectivity index (χ1) is 7.54. The maximum Gasteiger partial charge on any atom is 0.254 e. The normalized spacial score (nSPS) is 10.2. The Bertz CT molecular complexity index is 437. The Morgan fingerprint density at radius 1 is 1.44 bits per heavy atom. The molecule has 0 unspecified atom stereocenters. The largest absolute Gasteiger partial charge is 0.356 e. The highest BCUT2D eigenvalue weighted by Gasteiger charge is 2.10. The predicted octanol–water partition coefficient (Wildman–Crippen LogP) is 0.455. The maximum atomic E-state index is 11.6. The molecule has 1 heterocycles. The molecular formula is C11H17N3O2. The summed E-state index contributed by atoms with van der Waals surface area (Å²) in [5.74, 6) is 0.432. The van der Waals surface area contributed by atoms with E-state index in [9.17, 15) is 9.59 Å². The molecule has 0 aliphatic rings. The molecule has 0 aliphatic carbocycles. The lowest BCUT2D eigenvalue weighted by Crippen LogP contribution is -2.29. The maximum absolute atomic E-state index is 11.6. The molecule has 0 aromatic carbocycles. The first kappa shape index (κ1) is 12.4. The number of amides is 1. The fourth-order valence-electron chi connectivity index (χ4n) is 1.45. The van der Waals surface area contributed by atoms with Gasteiger partial charge in [-0.15, -0.1) is 0 Å². The zero-order chi connectivity index (χ0) is 12.1. The van der Waals surface area contributed by atoms with E-state index in [1.54, 1.807) is 13.8 Å². The van der Waals surface area contributed by atoms with Crippen LogP contribution in [0.2, 0.25) is 0 Å². The smallest absolute Gasteiger partial charge is 0.254 e. The Morgan fingerprint density at radius 2 is 2.12 bits per heavy atom. The average Bonchev–Trinajstić information content (AvgIpc) is 2.20. The van der Waals surface area contributed by atoms with Crippen molar-refractivity contribution in [2.45, 2.75) is 33.6 Å². The minimum atomic E-state index is -0.225. The Labute approximate surface area is 94.3 Å². The first-order valence-corrected chi connectivity index (χ1v) is 5.37. The number of carbonyl (C=O) groups is 1. The quantitative estimate of drug-likeness (QED) is 0.778. The van der Waals surface area contributed by atoms with Gasteiger partial charge in [0.2, 0.25) is 5.91 Å². The zero-order valence-corrected chi connectivity index (χ0v) is 9.89. The van der Waals surface area contributed by atoms with Crippen LogP contribution in [0, 0.1) is 13.8 Å². The van der Waals surface area contributed by atoms with E-state index in [2.05, 4.69) is 15.3 Å². The van der Waals surface area contributed by atoms with Crippen LogP contribution in [0.3, 0.4) is 0 Å². The number of nitrogens with zero attached hydrogens (tertiary/aromatic N) is 1. The van der Waals surface area contributed by atoms with Crippen molar-refractivity contribution in [3.05, 3.63) is 27.4 Å². The third-order valence-electron chi connectivity index (χ3n) is 2.25. The molecule has 5 nitrogen and oxygen atoms in total. The second-order valence-electron chi connectivity index (χ2n) is 3.74. The molecule has 0 saturated carbocycles. The second-order valence-corrected chi connectivity index (χ2v) is 3.74. The summed E-state index contributed by atoms with van der Waals surface area (Å²) in [4.78, 5) is 29.8. The van der Waals surface area contributed by atoms with Crippen LogP contribution in [0.5, 0.6) is 0 Å². The van der Waals surface area contributed by atoms with Crippen LogP contribution in [-0.2, 0) is 11.2 Å². The van der Waals surface area contributed by atoms with E-state index >= 15 is 0 Å². The molecule has 0 saturated heterocycles. The molecule has 0 bridgehead atoms. The number of H-pyrrole nitrogens is 1. The first-order valence-electron chi connectivity index (χ1n) is 5.37. The lowest BCUT2D eigenvalue weighted by atomic mass is 10.1. The number of hydrogen-bond acceptors (Lipinski definition) is 3. The lowest BCUT2D eigenvalue weighted by Gasteiger charge is -2.05. The van der Waals surface area contributed by atoms with E-state index in [0.29, 0.717) is 23.6 Å². The minimum Gasteiger partial charge on any atom is -0.356 e. The molecule has 5 heteroatoms. The van der Waals surface area contributed by atoms with Gasteiger partial charge < -0.3 is 10.3 Å². The molecule has 1 amide bonds. The Hall–Kier alpha value is -1.65. The Balaban J connectivity index is 2.81. The van der Waals surface area contributed by atoms with E-state index in [-0.39, 0.29) is 17.9 Å². The number of aromatic amines is 1. The molecule has 0 aliphatic heterocycles. The molecule has 1 aromatic rings. The van der Waals surface area contributed by atoms with Gasteiger partial charge in [-0.1, -0.05) is 6.92 Å². The highest BCUT2D eigenvalue weighted by Crippen LogP contribution is 1.99. The highest BCUT2D eigenvalue weighted by molar-refractivity contribution is 5.78. The third-order valence-corrected chi connectivity index (χ3v) is 2.25. The monoisotopic (exact) mass is 223 g/mol. The molecule has 0 radical (unpaired) electrons. The average molecular weight is 223 g/mol. The van der Waals surface area contributed by atoms with Crippen LogP contribution in [0.1, 0.15) is 30.4 Å². The standard InChI is InChI=1S/C11H17N3O2/c1-4-5-12-10(15)6-9-7(2)13-8(3)14-11(9)16/h4-6H2,1-3H3,(H,12,15)(H,13,14,16). The van der Waals surface area contributed by atoms with Crippen LogP contribution in [0.4, 0.5) is 0 Å². The van der Waals surface area contributed by atoms with Crippen molar-refractivity contribution in [2.24, 2.45) is 0 Å². The van der Waals surface area contributed by atoms with Crippen LogP contribution in [0.25, 0.3) is 0 Å². The van der Waals surface area contributed by atoms with Crippen molar-refractivity contribution < 1.29 is 4.79 Å². The summed E-state index contributed by atoms with van der Waals surface area (Å²) in [6.45, 7) is 6.07. The topological polar surface area (TPSA) is 74.8 Å². The molecule has 0 fully saturated rings. The van der Waals surface area contributed by atoms with E-state index in [0.717, 1.165) is 6.42 Å². The van der Waals surface area contributed by atoms with Crippen molar-refractivity contribution in [1.29, 1.82) is 0 Å². The molecule has 1 aromatic heterocycles. The number of aryl methyl sites for hydroxylation is 2. The summed E-state index contributed by atoms with van der Waals surface area (Å²) in [5.41, 5.74) is 0.837. The summed E-state index contributed by atoms with van der Waals surface area (Å²) < 4.78 is 0. The van der Waals surface area contributed by atoms with Crippen molar-refractivity contribution in [3.63, 3.8) is 0 Å². The Morgan fingerprint density at radius 3 is 2.69 bits per heavy atom. The van der Waals surface area contributed by atoms with Crippen molar-refractivity contribution in [1.82, 2.24) is 15.3 Å². The van der Waals surface area contributed by atoms with Crippen molar-refractivity contribution in [2.75, 3.05) is 6.54 Å². The molecule has 2 N–H and O–H groups in total. The Kier molecular flexibility index (Phi) is 4.22. The van der Waals surface area contributed by atoms with E-state index < -0.39 is 0 Å². The molecule has 1 rings (SSSR count). The highest BCUT2D eigenvalue weighted by atomic mass is 16.2. The van der Waals surface area contributed by atoms with Gasteiger partial charge in [0.1, 0.15) is 5.82 Å². The van der Waals surface area contributed by atoms with Gasteiger partial charge in [-0.2, -0.15) is 0 Å². The summed E-state index contributed by atoms with van der Waals surface area (Å²) in [5, 5.41) is 2.73. The van der Waals surface area contributed by atoms with Gasteiger partial charge in [-0.25, -0.2) is 4.98 Å². The summed E-state index contributed by atoms with van der Waals surface area (Å²) in [6.07, 6.45) is 0.974. The summed E-state index contributed by atoms with van der Waals surface area (Å²) in [7, 11) is 0. The fourth-order valence-corrected chi connectivity index (χ4v) is 1.45. The molecular weight excluding hydrogens is 206 g/mol. The van der Waals surface area contributed by atoms with Crippen LogP contribution < -0.4 is 10.9 Å². The van der Waals surface area contributed by atoms with Crippen molar-refractivity contribution in [3.8, 4) is 0 Å². The van der Waals surface area contributed by atoms with Gasteiger partial charge in [0.25, 0.3) is 5.56 Å². The summed E-state index contributed by atoms with van der Waals surface area (Å²) in [6, 6.07) is 0. The van der Waals surface area contributed by atoms with E-state index in [1.165, 1.54) is 0 Å². The van der Waals surface area contributed by atoms with Crippen molar-refractivity contribution >= 4 is 5.91 Å². The van der Waals surface area contributed by atoms with Gasteiger partial charge in [-0.05, 0) is 20.3 Å². The van der Waals surface area contributed by atoms with Gasteiger partial charge in [0.05, 0.1) is 6.42 Å². The molecule has 88 valence electrons. The number of hydrogen-bond donors (Lipinski definition) is 2. The van der Waals surface area contributed by atoms with Crippen LogP contribution in [-0.4, -0.2) is 22.4 Å². The second kappa shape index (κ2) is 5.44. The van der Waals surface area contributed by atoms with Gasteiger partial charge >= 0.3 is 0 Å². The summed E-state index contributed by atoms with van der Waals surface area (Å²) >= 11 is 0. The predicted molar refractivity (Wildman–Crippen MR) is 61.3 cm³/mol. The van der Waals surface area contributed by atoms with E-state index in [4.69, 9.17) is 0 Å². The number of nitrogens with one attached hydrogen (secondary N) is 2. The SMILES string of the molecule is CCCNC(=O)Cc1c(C)nc(C)[nH]c1=O. The van der Waals surface area contributed by atoms with Crippen LogP contribution >= 0.6 is 0 Å². The molecule has 16 heavy (non-hydrogen) atoms. The van der Waals surface area contributed by atoms with Gasteiger partial charge in [0, 0.05) is 17.8 Å². The molecule has 0 spiro atoms. The number of aromatic nitrogens is 2. The lowest BCUT2D eigenvalue weighted by molar-refractivity contribution is -0.120. The van der Waals surface area contributed by atoms with E-state index in [1.807, 2.05) is 6.92 Å². The van der Waals surface area contributed by atoms with Crippen LogP contribution in [0.15, 0.2) is 4.79 Å². The minimum absolute atomic E-state index is 0.0917. The van der Waals surface area contributed by atoms with Gasteiger partial charge in [0.15, 0.2) is 0 Å².